The Morgan fingerprint density at radius 3 is 2.70 bits per heavy atom. The van der Waals surface area contributed by atoms with E-state index >= 15 is 0 Å². The average Bonchev–Trinajstić information content (AvgIpc) is 2.86. The summed E-state index contributed by atoms with van der Waals surface area (Å²) in [7, 11) is 1.61. The van der Waals surface area contributed by atoms with E-state index in [9.17, 15) is 9.59 Å². The van der Waals surface area contributed by atoms with Crippen LogP contribution in [0, 0.1) is 0 Å². The van der Waals surface area contributed by atoms with E-state index in [1.165, 1.54) is 0 Å². The van der Waals surface area contributed by atoms with Gasteiger partial charge in [-0.2, -0.15) is 0 Å². The number of urea groups is 1. The van der Waals surface area contributed by atoms with Crippen molar-refractivity contribution in [3.05, 3.63) is 76.1 Å². The van der Waals surface area contributed by atoms with Gasteiger partial charge in [0.2, 0.25) is 0 Å². The highest BCUT2D eigenvalue weighted by atomic mass is 16.5. The maximum atomic E-state index is 13.1. The summed E-state index contributed by atoms with van der Waals surface area (Å²) in [6.45, 7) is 4.97. The number of methoxy groups -OCH3 is 1. The topological polar surface area (TPSA) is 86.9 Å². The highest BCUT2D eigenvalue weighted by Gasteiger charge is 2.19. The monoisotopic (exact) mass is 450 g/mol. The van der Waals surface area contributed by atoms with Crippen LogP contribution in [0.2, 0.25) is 0 Å². The number of ether oxygens (including phenoxy) is 2. The third kappa shape index (κ3) is 6.12. The fourth-order valence-electron chi connectivity index (χ4n) is 3.90. The van der Waals surface area contributed by atoms with Crippen molar-refractivity contribution in [2.75, 3.05) is 46.5 Å². The van der Waals surface area contributed by atoms with Crippen LogP contribution in [0.5, 0.6) is 5.75 Å². The summed E-state index contributed by atoms with van der Waals surface area (Å²) in [5.41, 5.74) is 2.10. The summed E-state index contributed by atoms with van der Waals surface area (Å²) in [4.78, 5) is 32.8. The number of H-pyrrole nitrogens is 1. The van der Waals surface area contributed by atoms with Crippen LogP contribution in [0.15, 0.2) is 59.4 Å². The molecule has 0 radical (unpaired) electrons. The van der Waals surface area contributed by atoms with Crippen LogP contribution in [-0.4, -0.2) is 67.3 Å². The average molecular weight is 451 g/mol. The lowest BCUT2D eigenvalue weighted by Crippen LogP contribution is -2.46. The molecule has 2 aromatic carbocycles. The number of aromatic amines is 1. The lowest BCUT2D eigenvalue weighted by molar-refractivity contribution is 0.0346. The molecule has 1 fully saturated rings. The zero-order valence-electron chi connectivity index (χ0n) is 18.9. The van der Waals surface area contributed by atoms with Gasteiger partial charge in [-0.1, -0.05) is 30.3 Å². The van der Waals surface area contributed by atoms with Gasteiger partial charge in [-0.3, -0.25) is 9.69 Å². The number of amides is 2. The van der Waals surface area contributed by atoms with Crippen molar-refractivity contribution in [2.45, 2.75) is 13.1 Å². The minimum atomic E-state index is -0.197. The summed E-state index contributed by atoms with van der Waals surface area (Å²) in [6, 6.07) is 16.9. The number of aromatic nitrogens is 1. The van der Waals surface area contributed by atoms with Crippen molar-refractivity contribution in [1.82, 2.24) is 20.1 Å². The molecule has 0 spiro atoms. The summed E-state index contributed by atoms with van der Waals surface area (Å²) >= 11 is 0. The number of nitrogens with zero attached hydrogens (tertiary/aromatic N) is 2. The molecule has 0 bridgehead atoms. The second kappa shape index (κ2) is 11.0. The molecule has 0 atom stereocenters. The molecule has 0 saturated carbocycles. The number of fused-ring (bicyclic) bond motifs is 1. The van der Waals surface area contributed by atoms with E-state index in [2.05, 4.69) is 15.2 Å². The van der Waals surface area contributed by atoms with Gasteiger partial charge in [0.25, 0.3) is 5.56 Å². The first kappa shape index (κ1) is 22.8. The summed E-state index contributed by atoms with van der Waals surface area (Å²) in [6.07, 6.45) is 0. The van der Waals surface area contributed by atoms with Gasteiger partial charge in [0, 0.05) is 49.2 Å². The molecule has 2 heterocycles. The molecule has 0 aliphatic carbocycles. The van der Waals surface area contributed by atoms with Gasteiger partial charge in [0.1, 0.15) is 5.75 Å². The Morgan fingerprint density at radius 2 is 1.94 bits per heavy atom. The van der Waals surface area contributed by atoms with Gasteiger partial charge in [0.05, 0.1) is 26.9 Å². The van der Waals surface area contributed by atoms with Gasteiger partial charge in [-0.25, -0.2) is 4.79 Å². The number of nitrogens with one attached hydrogen (secondary N) is 2. The SMILES string of the molecule is COc1ccc2[nH]c(=O)c(CN(CCN3CCOCC3)C(=O)NCc3ccccc3)cc2c1. The lowest BCUT2D eigenvalue weighted by Gasteiger charge is -2.30. The predicted molar refractivity (Wildman–Crippen MR) is 127 cm³/mol. The minimum Gasteiger partial charge on any atom is -0.497 e. The first-order valence-electron chi connectivity index (χ1n) is 11.2. The zero-order valence-corrected chi connectivity index (χ0v) is 18.9. The molecule has 3 aromatic rings. The van der Waals surface area contributed by atoms with Gasteiger partial charge >= 0.3 is 6.03 Å². The third-order valence-corrected chi connectivity index (χ3v) is 5.85. The Bertz CT molecular complexity index is 1130. The Labute approximate surface area is 193 Å². The Hall–Kier alpha value is -3.36. The number of pyridine rings is 1. The third-order valence-electron chi connectivity index (χ3n) is 5.85. The molecule has 0 unspecified atom stereocenters. The summed E-state index contributed by atoms with van der Waals surface area (Å²) < 4.78 is 10.7. The fraction of sp³-hybridized carbons (Fsp3) is 0.360. The first-order valence-corrected chi connectivity index (χ1v) is 11.2. The number of hydrogen-bond donors (Lipinski definition) is 2. The molecule has 2 amide bonds. The number of rotatable bonds is 8. The van der Waals surface area contributed by atoms with Crippen molar-refractivity contribution >= 4 is 16.9 Å². The van der Waals surface area contributed by atoms with Crippen molar-refractivity contribution in [3.63, 3.8) is 0 Å². The standard InChI is InChI=1S/C25H30N4O4/c1-32-22-7-8-23-20(16-22)15-21(24(30)27-23)18-29(10-9-28-11-13-33-14-12-28)25(31)26-17-19-5-3-2-4-6-19/h2-8,15-16H,9-14,17-18H2,1H3,(H,26,31)(H,27,30). The molecule has 1 aromatic heterocycles. The summed E-state index contributed by atoms with van der Waals surface area (Å²) in [5.74, 6) is 0.713. The molecule has 33 heavy (non-hydrogen) atoms. The van der Waals surface area contributed by atoms with Gasteiger partial charge in [-0.15, -0.1) is 0 Å². The van der Waals surface area contributed by atoms with E-state index in [1.54, 1.807) is 12.0 Å². The molecule has 1 aliphatic rings. The molecular formula is C25H30N4O4. The van der Waals surface area contributed by atoms with Crippen LogP contribution >= 0.6 is 0 Å². The minimum absolute atomic E-state index is 0.195. The molecule has 8 nitrogen and oxygen atoms in total. The Balaban J connectivity index is 1.51. The molecule has 4 rings (SSSR count). The second-order valence-electron chi connectivity index (χ2n) is 8.10. The maximum absolute atomic E-state index is 13.1. The molecule has 1 saturated heterocycles. The first-order chi connectivity index (χ1) is 16.1. The number of carbonyl (C=O) groups excluding carboxylic acids is 1. The van der Waals surface area contributed by atoms with E-state index in [4.69, 9.17) is 9.47 Å². The van der Waals surface area contributed by atoms with E-state index < -0.39 is 0 Å². The smallest absolute Gasteiger partial charge is 0.318 e. The van der Waals surface area contributed by atoms with Gasteiger partial charge < -0.3 is 24.7 Å². The van der Waals surface area contributed by atoms with Crippen LogP contribution in [0.3, 0.4) is 0 Å². The summed E-state index contributed by atoms with van der Waals surface area (Å²) in [5, 5.41) is 3.86. The molecule has 2 N–H and O–H groups in total. The predicted octanol–water partition coefficient (Wildman–Crippen LogP) is 2.58. The highest BCUT2D eigenvalue weighted by Crippen LogP contribution is 2.19. The molecular weight excluding hydrogens is 420 g/mol. The van der Waals surface area contributed by atoms with Crippen LogP contribution < -0.4 is 15.6 Å². The lowest BCUT2D eigenvalue weighted by atomic mass is 10.1. The number of hydrogen-bond acceptors (Lipinski definition) is 5. The second-order valence-corrected chi connectivity index (χ2v) is 8.10. The van der Waals surface area contributed by atoms with Crippen molar-refractivity contribution in [2.24, 2.45) is 0 Å². The van der Waals surface area contributed by atoms with Crippen LogP contribution in [-0.2, 0) is 17.8 Å². The Kier molecular flexibility index (Phi) is 7.59. The number of benzene rings is 2. The quantitative estimate of drug-likeness (QED) is 0.551. The largest absolute Gasteiger partial charge is 0.497 e. The van der Waals surface area contributed by atoms with E-state index in [-0.39, 0.29) is 18.1 Å². The Morgan fingerprint density at radius 1 is 1.15 bits per heavy atom. The van der Waals surface area contributed by atoms with Crippen LogP contribution in [0.1, 0.15) is 11.1 Å². The molecule has 8 heteroatoms. The van der Waals surface area contributed by atoms with E-state index in [0.29, 0.717) is 37.6 Å². The maximum Gasteiger partial charge on any atom is 0.318 e. The number of carbonyl (C=O) groups is 1. The van der Waals surface area contributed by atoms with Crippen LogP contribution in [0.4, 0.5) is 4.79 Å². The molecule has 1 aliphatic heterocycles. The van der Waals surface area contributed by atoms with Gasteiger partial charge in [-0.05, 0) is 29.8 Å². The highest BCUT2D eigenvalue weighted by molar-refractivity contribution is 5.81. The van der Waals surface area contributed by atoms with E-state index in [1.807, 2.05) is 54.6 Å². The fourth-order valence-corrected chi connectivity index (χ4v) is 3.90. The number of morpholine rings is 1. The van der Waals surface area contributed by atoms with Crippen molar-refractivity contribution < 1.29 is 14.3 Å². The normalized spacial score (nSPS) is 14.2. The zero-order chi connectivity index (χ0) is 23.0. The van der Waals surface area contributed by atoms with Crippen molar-refractivity contribution in [3.8, 4) is 5.75 Å². The molecule has 174 valence electrons. The van der Waals surface area contributed by atoms with Gasteiger partial charge in [0.15, 0.2) is 0 Å². The van der Waals surface area contributed by atoms with Crippen molar-refractivity contribution in [1.29, 1.82) is 0 Å². The van der Waals surface area contributed by atoms with E-state index in [0.717, 1.165) is 36.1 Å². The van der Waals surface area contributed by atoms with Crippen LogP contribution in [0.25, 0.3) is 10.9 Å².